The molecule has 0 bridgehead atoms. The lowest BCUT2D eigenvalue weighted by atomic mass is 10.1. The Hall–Kier alpha value is -2.37. The molecule has 0 spiro atoms. The fourth-order valence-corrected chi connectivity index (χ4v) is 3.01. The van der Waals surface area contributed by atoms with Gasteiger partial charge in [0, 0.05) is 16.4 Å². The number of rotatable bonds is 4. The van der Waals surface area contributed by atoms with Gasteiger partial charge in [0.05, 0.1) is 16.8 Å². The predicted octanol–water partition coefficient (Wildman–Crippen LogP) is 5.85. The standard InChI is InChI=1S/C19H14BrClN2O2/c1-12-9-14(5-7-18(12)25-15-3-2-8-22-11-15)23-19(24)16-6-4-13(20)10-17(16)21/h2-11H,1H3,(H,23,24). The van der Waals surface area contributed by atoms with E-state index in [4.69, 9.17) is 16.3 Å². The van der Waals surface area contributed by atoms with Gasteiger partial charge in [0.1, 0.15) is 11.5 Å². The zero-order valence-corrected chi connectivity index (χ0v) is 15.6. The molecule has 0 saturated heterocycles. The number of ether oxygens (including phenoxy) is 1. The summed E-state index contributed by atoms with van der Waals surface area (Å²) in [7, 11) is 0. The molecule has 1 N–H and O–H groups in total. The van der Waals surface area contributed by atoms with Crippen LogP contribution in [0.3, 0.4) is 0 Å². The molecule has 6 heteroatoms. The first-order valence-corrected chi connectivity index (χ1v) is 8.65. The minimum absolute atomic E-state index is 0.266. The maximum atomic E-state index is 12.4. The van der Waals surface area contributed by atoms with E-state index in [-0.39, 0.29) is 5.91 Å². The number of aromatic nitrogens is 1. The summed E-state index contributed by atoms with van der Waals surface area (Å²) in [6.07, 6.45) is 3.33. The molecule has 0 unspecified atom stereocenters. The molecule has 25 heavy (non-hydrogen) atoms. The molecule has 0 aliphatic carbocycles. The fraction of sp³-hybridized carbons (Fsp3) is 0.0526. The van der Waals surface area contributed by atoms with Gasteiger partial charge in [-0.15, -0.1) is 0 Å². The molecule has 0 fully saturated rings. The number of halogens is 2. The zero-order valence-electron chi connectivity index (χ0n) is 13.3. The van der Waals surface area contributed by atoms with Gasteiger partial charge < -0.3 is 10.1 Å². The van der Waals surface area contributed by atoms with Crippen LogP contribution in [0.15, 0.2) is 65.4 Å². The highest BCUT2D eigenvalue weighted by Gasteiger charge is 2.12. The number of hydrogen-bond acceptors (Lipinski definition) is 3. The van der Waals surface area contributed by atoms with E-state index in [1.807, 2.05) is 19.1 Å². The van der Waals surface area contributed by atoms with Crippen molar-refractivity contribution in [3.63, 3.8) is 0 Å². The van der Waals surface area contributed by atoms with E-state index in [0.717, 1.165) is 10.0 Å². The van der Waals surface area contributed by atoms with Gasteiger partial charge in [0.2, 0.25) is 0 Å². The van der Waals surface area contributed by atoms with Crippen molar-refractivity contribution < 1.29 is 9.53 Å². The van der Waals surface area contributed by atoms with E-state index in [1.54, 1.807) is 48.8 Å². The molecule has 1 heterocycles. The van der Waals surface area contributed by atoms with Crippen molar-refractivity contribution in [1.82, 2.24) is 4.98 Å². The maximum Gasteiger partial charge on any atom is 0.257 e. The average Bonchev–Trinajstić information content (AvgIpc) is 2.58. The Morgan fingerprint density at radius 1 is 1.20 bits per heavy atom. The molecule has 2 aromatic carbocycles. The number of pyridine rings is 1. The summed E-state index contributed by atoms with van der Waals surface area (Å²) < 4.78 is 6.61. The quantitative estimate of drug-likeness (QED) is 0.579. The Labute approximate surface area is 158 Å². The van der Waals surface area contributed by atoms with Gasteiger partial charge in [-0.1, -0.05) is 27.5 Å². The van der Waals surface area contributed by atoms with Crippen LogP contribution in [-0.2, 0) is 0 Å². The number of hydrogen-bond donors (Lipinski definition) is 1. The molecule has 4 nitrogen and oxygen atoms in total. The lowest BCUT2D eigenvalue weighted by Gasteiger charge is -2.11. The Kier molecular flexibility index (Phi) is 5.36. The average molecular weight is 418 g/mol. The monoisotopic (exact) mass is 416 g/mol. The van der Waals surface area contributed by atoms with Crippen molar-refractivity contribution in [2.75, 3.05) is 5.32 Å². The van der Waals surface area contributed by atoms with Crippen LogP contribution in [0.1, 0.15) is 15.9 Å². The second-order valence-electron chi connectivity index (χ2n) is 5.35. The first-order valence-electron chi connectivity index (χ1n) is 7.48. The van der Waals surface area contributed by atoms with Crippen molar-refractivity contribution >= 4 is 39.1 Å². The van der Waals surface area contributed by atoms with Gasteiger partial charge in [0.15, 0.2) is 0 Å². The molecular weight excluding hydrogens is 404 g/mol. The lowest BCUT2D eigenvalue weighted by Crippen LogP contribution is -2.12. The third-order valence-corrected chi connectivity index (χ3v) is 4.28. The van der Waals surface area contributed by atoms with Crippen LogP contribution in [0.25, 0.3) is 0 Å². The molecule has 0 atom stereocenters. The summed E-state index contributed by atoms with van der Waals surface area (Å²) >= 11 is 9.44. The van der Waals surface area contributed by atoms with Gasteiger partial charge in [-0.2, -0.15) is 0 Å². The van der Waals surface area contributed by atoms with E-state index in [1.165, 1.54) is 0 Å². The smallest absolute Gasteiger partial charge is 0.257 e. The van der Waals surface area contributed by atoms with E-state index in [9.17, 15) is 4.79 Å². The van der Waals surface area contributed by atoms with Gasteiger partial charge >= 0.3 is 0 Å². The second-order valence-corrected chi connectivity index (χ2v) is 6.67. The van der Waals surface area contributed by atoms with Crippen LogP contribution in [0.5, 0.6) is 11.5 Å². The molecule has 0 saturated carbocycles. The van der Waals surface area contributed by atoms with Crippen molar-refractivity contribution in [3.8, 4) is 11.5 Å². The number of benzene rings is 2. The normalized spacial score (nSPS) is 10.4. The summed E-state index contributed by atoms with van der Waals surface area (Å²) in [4.78, 5) is 16.4. The van der Waals surface area contributed by atoms with E-state index < -0.39 is 0 Å². The summed E-state index contributed by atoms with van der Waals surface area (Å²) in [6, 6.07) is 14.2. The van der Waals surface area contributed by atoms with Crippen molar-refractivity contribution in [2.24, 2.45) is 0 Å². The molecule has 1 aromatic heterocycles. The van der Waals surface area contributed by atoms with E-state index in [0.29, 0.717) is 27.8 Å². The van der Waals surface area contributed by atoms with E-state index >= 15 is 0 Å². The highest BCUT2D eigenvalue weighted by atomic mass is 79.9. The van der Waals surface area contributed by atoms with Gasteiger partial charge in [0.25, 0.3) is 5.91 Å². The summed E-state index contributed by atoms with van der Waals surface area (Å²) in [5.74, 6) is 1.09. The summed E-state index contributed by atoms with van der Waals surface area (Å²) in [5, 5.41) is 3.23. The van der Waals surface area contributed by atoms with Gasteiger partial charge in [-0.05, 0) is 61.0 Å². The molecule has 0 aliphatic heterocycles. The highest BCUT2D eigenvalue weighted by molar-refractivity contribution is 9.10. The number of nitrogens with zero attached hydrogens (tertiary/aromatic N) is 1. The van der Waals surface area contributed by atoms with Crippen molar-refractivity contribution in [2.45, 2.75) is 6.92 Å². The first-order chi connectivity index (χ1) is 12.0. The van der Waals surface area contributed by atoms with Crippen LogP contribution in [-0.4, -0.2) is 10.9 Å². The fourth-order valence-electron chi connectivity index (χ4n) is 2.25. The molecule has 0 aliphatic rings. The van der Waals surface area contributed by atoms with E-state index in [2.05, 4.69) is 26.2 Å². The summed E-state index contributed by atoms with van der Waals surface area (Å²) in [6.45, 7) is 1.91. The van der Waals surface area contributed by atoms with Crippen molar-refractivity contribution in [1.29, 1.82) is 0 Å². The topological polar surface area (TPSA) is 51.2 Å². The number of anilines is 1. The minimum Gasteiger partial charge on any atom is -0.455 e. The third kappa shape index (κ3) is 4.38. The second kappa shape index (κ2) is 7.68. The third-order valence-electron chi connectivity index (χ3n) is 3.47. The molecule has 126 valence electrons. The first kappa shape index (κ1) is 17.5. The Balaban J connectivity index is 1.75. The van der Waals surface area contributed by atoms with Crippen LogP contribution >= 0.6 is 27.5 Å². The number of carbonyl (C=O) groups excluding carboxylic acids is 1. The lowest BCUT2D eigenvalue weighted by molar-refractivity contribution is 0.102. The largest absolute Gasteiger partial charge is 0.455 e. The Morgan fingerprint density at radius 2 is 2.04 bits per heavy atom. The zero-order chi connectivity index (χ0) is 17.8. The molecule has 1 amide bonds. The number of nitrogens with one attached hydrogen (secondary N) is 1. The maximum absolute atomic E-state index is 12.4. The van der Waals surface area contributed by atoms with Crippen molar-refractivity contribution in [3.05, 3.63) is 81.5 Å². The minimum atomic E-state index is -0.266. The highest BCUT2D eigenvalue weighted by Crippen LogP contribution is 2.28. The number of amides is 1. The van der Waals surface area contributed by atoms with Gasteiger partial charge in [-0.25, -0.2) is 0 Å². The van der Waals surface area contributed by atoms with Crippen LogP contribution in [0.4, 0.5) is 5.69 Å². The Morgan fingerprint density at radius 3 is 2.72 bits per heavy atom. The molecular formula is C19H14BrClN2O2. The number of aryl methyl sites for hydroxylation is 1. The molecule has 3 aromatic rings. The number of carbonyl (C=O) groups is 1. The molecule has 3 rings (SSSR count). The molecule has 0 radical (unpaired) electrons. The Bertz CT molecular complexity index is 917. The van der Waals surface area contributed by atoms with Crippen LogP contribution < -0.4 is 10.1 Å². The van der Waals surface area contributed by atoms with Gasteiger partial charge in [-0.3, -0.25) is 9.78 Å². The SMILES string of the molecule is Cc1cc(NC(=O)c2ccc(Br)cc2Cl)ccc1Oc1cccnc1. The van der Waals surface area contributed by atoms with Crippen LogP contribution in [0.2, 0.25) is 5.02 Å². The van der Waals surface area contributed by atoms with Crippen LogP contribution in [0, 0.1) is 6.92 Å². The summed E-state index contributed by atoms with van der Waals surface area (Å²) in [5.41, 5.74) is 1.97. The predicted molar refractivity (Wildman–Crippen MR) is 103 cm³/mol.